The number of aliphatic hydroxyl groups excluding tert-OH is 1. The third-order valence-corrected chi connectivity index (χ3v) is 3.65. The fourth-order valence-electron chi connectivity index (χ4n) is 2.28. The highest BCUT2D eigenvalue weighted by Crippen LogP contribution is 2.12. The minimum Gasteiger partial charge on any atom is -0.385 e. The van der Waals surface area contributed by atoms with Crippen LogP contribution in [0, 0.1) is 0 Å². The largest absolute Gasteiger partial charge is 0.385 e. The van der Waals surface area contributed by atoms with Gasteiger partial charge in [-0.25, -0.2) is 0 Å². The maximum Gasteiger partial charge on any atom is 0.185 e. The molecule has 1 atom stereocenters. The molecule has 0 saturated heterocycles. The van der Waals surface area contributed by atoms with Crippen molar-refractivity contribution < 1.29 is 9.90 Å². The number of carbonyl (C=O) groups is 1. The quantitative estimate of drug-likeness (QED) is 0.260. The van der Waals surface area contributed by atoms with E-state index in [-0.39, 0.29) is 11.7 Å². The highest BCUT2D eigenvalue weighted by atomic mass is 16.3. The zero-order chi connectivity index (χ0) is 15.9. The van der Waals surface area contributed by atoms with Crippen LogP contribution in [0.15, 0.2) is 4.99 Å². The third-order valence-electron chi connectivity index (χ3n) is 3.65. The van der Waals surface area contributed by atoms with Gasteiger partial charge in [0.15, 0.2) is 11.7 Å². The highest BCUT2D eigenvalue weighted by Gasteiger charge is 2.07. The van der Waals surface area contributed by atoms with Crippen molar-refractivity contribution >= 4 is 11.7 Å². The molecule has 1 unspecified atom stereocenters. The second-order valence-electron chi connectivity index (χ2n) is 5.76. The molecule has 0 radical (unpaired) electrons. The molecule has 0 spiro atoms. The number of Topliss-reactive ketones (excluding diaryl/α,β-unsaturated/α-hetero) is 1. The van der Waals surface area contributed by atoms with Crippen molar-refractivity contribution in [2.45, 2.75) is 83.7 Å². The molecule has 0 aliphatic rings. The molecule has 0 bridgehead atoms. The molecule has 0 aliphatic heterocycles. The van der Waals surface area contributed by atoms with E-state index < -0.39 is 6.10 Å². The monoisotopic (exact) mass is 299 g/mol. The number of nitrogens with two attached hydrogens (primary N) is 2. The molecule has 21 heavy (non-hydrogen) atoms. The van der Waals surface area contributed by atoms with E-state index in [1.165, 1.54) is 51.9 Å². The van der Waals surface area contributed by atoms with Gasteiger partial charge in [-0.2, -0.15) is 0 Å². The summed E-state index contributed by atoms with van der Waals surface area (Å²) in [6.07, 6.45) is 11.8. The summed E-state index contributed by atoms with van der Waals surface area (Å²) >= 11 is 0. The number of aliphatic hydroxyl groups is 1. The zero-order valence-electron chi connectivity index (χ0n) is 13.5. The van der Waals surface area contributed by atoms with Crippen molar-refractivity contribution in [3.8, 4) is 0 Å². The van der Waals surface area contributed by atoms with Crippen LogP contribution in [-0.4, -0.2) is 29.5 Å². The SMILES string of the molecule is CC(=O)C(O)CCCCCCCCCCCCN=C(N)N. The summed E-state index contributed by atoms with van der Waals surface area (Å²) in [7, 11) is 0. The maximum atomic E-state index is 10.8. The van der Waals surface area contributed by atoms with Crippen LogP contribution in [-0.2, 0) is 4.79 Å². The van der Waals surface area contributed by atoms with Crippen molar-refractivity contribution in [3.63, 3.8) is 0 Å². The zero-order valence-corrected chi connectivity index (χ0v) is 13.5. The Morgan fingerprint density at radius 2 is 1.33 bits per heavy atom. The first kappa shape index (κ1) is 19.9. The number of ketones is 1. The van der Waals surface area contributed by atoms with Crippen LogP contribution >= 0.6 is 0 Å². The fraction of sp³-hybridized carbons (Fsp3) is 0.875. The molecule has 0 aromatic carbocycles. The van der Waals surface area contributed by atoms with Crippen molar-refractivity contribution in [2.24, 2.45) is 16.5 Å². The predicted octanol–water partition coefficient (Wildman–Crippen LogP) is 2.50. The van der Waals surface area contributed by atoms with Crippen LogP contribution < -0.4 is 11.5 Å². The van der Waals surface area contributed by atoms with Crippen molar-refractivity contribution in [2.75, 3.05) is 6.54 Å². The average Bonchev–Trinajstić information content (AvgIpc) is 2.43. The topological polar surface area (TPSA) is 102 Å². The van der Waals surface area contributed by atoms with E-state index in [4.69, 9.17) is 11.5 Å². The van der Waals surface area contributed by atoms with Gasteiger partial charge in [0, 0.05) is 6.54 Å². The summed E-state index contributed by atoms with van der Waals surface area (Å²) in [5, 5.41) is 9.35. The first-order valence-electron chi connectivity index (χ1n) is 8.28. The van der Waals surface area contributed by atoms with Gasteiger partial charge in [-0.3, -0.25) is 9.79 Å². The van der Waals surface area contributed by atoms with Crippen molar-refractivity contribution in [1.82, 2.24) is 0 Å². The Balaban J connectivity index is 3.12. The van der Waals surface area contributed by atoms with Crippen LogP contribution in [0.5, 0.6) is 0 Å². The smallest absolute Gasteiger partial charge is 0.185 e. The number of unbranched alkanes of at least 4 members (excludes halogenated alkanes) is 9. The Kier molecular flexibility index (Phi) is 13.1. The lowest BCUT2D eigenvalue weighted by Crippen LogP contribution is -2.22. The summed E-state index contributed by atoms with van der Waals surface area (Å²) < 4.78 is 0. The first-order chi connectivity index (χ1) is 10.0. The lowest BCUT2D eigenvalue weighted by molar-refractivity contribution is -0.125. The Morgan fingerprint density at radius 3 is 1.76 bits per heavy atom. The molecule has 0 amide bonds. The maximum absolute atomic E-state index is 10.8. The van der Waals surface area contributed by atoms with Crippen LogP contribution in [0.2, 0.25) is 0 Å². The Hall–Kier alpha value is -1.10. The summed E-state index contributed by atoms with van der Waals surface area (Å²) in [5.41, 5.74) is 10.5. The molecule has 0 aromatic rings. The normalized spacial score (nSPS) is 12.1. The summed E-state index contributed by atoms with van der Waals surface area (Å²) in [6.45, 7) is 2.19. The van der Waals surface area contributed by atoms with Gasteiger partial charge in [-0.15, -0.1) is 0 Å². The van der Waals surface area contributed by atoms with Gasteiger partial charge in [0.25, 0.3) is 0 Å². The van der Waals surface area contributed by atoms with Gasteiger partial charge >= 0.3 is 0 Å². The Labute approximate surface area is 129 Å². The number of rotatable bonds is 14. The fourth-order valence-corrected chi connectivity index (χ4v) is 2.28. The number of aliphatic imine (C=N–C) groups is 1. The van der Waals surface area contributed by atoms with E-state index >= 15 is 0 Å². The number of carbonyl (C=O) groups excluding carboxylic acids is 1. The van der Waals surface area contributed by atoms with Gasteiger partial charge in [0.2, 0.25) is 0 Å². The molecule has 0 fully saturated rings. The van der Waals surface area contributed by atoms with E-state index in [1.807, 2.05) is 0 Å². The lowest BCUT2D eigenvalue weighted by atomic mass is 10.0. The molecule has 5 nitrogen and oxygen atoms in total. The van der Waals surface area contributed by atoms with Gasteiger partial charge < -0.3 is 16.6 Å². The summed E-state index contributed by atoms with van der Waals surface area (Å²) in [6, 6.07) is 0. The summed E-state index contributed by atoms with van der Waals surface area (Å²) in [4.78, 5) is 14.8. The van der Waals surface area contributed by atoms with Gasteiger partial charge in [0.05, 0.1) is 0 Å². The summed E-state index contributed by atoms with van der Waals surface area (Å²) in [5.74, 6) is 0.0701. The number of nitrogens with zero attached hydrogens (tertiary/aromatic N) is 1. The molecule has 0 heterocycles. The first-order valence-corrected chi connectivity index (χ1v) is 8.28. The molecule has 0 saturated carbocycles. The lowest BCUT2D eigenvalue weighted by Gasteiger charge is -2.06. The molecule has 5 N–H and O–H groups in total. The second kappa shape index (κ2) is 13.9. The Morgan fingerprint density at radius 1 is 0.905 bits per heavy atom. The molecular weight excluding hydrogens is 266 g/mol. The molecule has 0 aliphatic carbocycles. The number of hydrogen-bond acceptors (Lipinski definition) is 3. The van der Waals surface area contributed by atoms with Gasteiger partial charge in [-0.05, 0) is 19.8 Å². The second-order valence-corrected chi connectivity index (χ2v) is 5.76. The van der Waals surface area contributed by atoms with E-state index in [9.17, 15) is 9.90 Å². The van der Waals surface area contributed by atoms with Crippen LogP contribution in [0.1, 0.15) is 77.6 Å². The van der Waals surface area contributed by atoms with Crippen molar-refractivity contribution in [1.29, 1.82) is 0 Å². The molecule has 0 aromatic heterocycles. The van der Waals surface area contributed by atoms with E-state index in [1.54, 1.807) is 0 Å². The minimum absolute atomic E-state index is 0.116. The molecular formula is C16H33N3O2. The number of guanidine groups is 1. The molecule has 0 rings (SSSR count). The van der Waals surface area contributed by atoms with E-state index in [0.717, 1.165) is 25.8 Å². The Bertz CT molecular complexity index is 289. The van der Waals surface area contributed by atoms with Crippen LogP contribution in [0.25, 0.3) is 0 Å². The molecule has 5 heteroatoms. The molecule has 124 valence electrons. The predicted molar refractivity (Wildman–Crippen MR) is 88.2 cm³/mol. The van der Waals surface area contributed by atoms with E-state index in [2.05, 4.69) is 4.99 Å². The van der Waals surface area contributed by atoms with Crippen LogP contribution in [0.4, 0.5) is 0 Å². The van der Waals surface area contributed by atoms with Gasteiger partial charge in [-0.1, -0.05) is 57.8 Å². The van der Waals surface area contributed by atoms with Gasteiger partial charge in [0.1, 0.15) is 6.10 Å². The van der Waals surface area contributed by atoms with Crippen LogP contribution in [0.3, 0.4) is 0 Å². The average molecular weight is 299 g/mol. The van der Waals surface area contributed by atoms with Crippen molar-refractivity contribution in [3.05, 3.63) is 0 Å². The highest BCUT2D eigenvalue weighted by molar-refractivity contribution is 5.79. The van der Waals surface area contributed by atoms with E-state index in [0.29, 0.717) is 6.42 Å². The third kappa shape index (κ3) is 15.1. The number of hydrogen-bond donors (Lipinski definition) is 3. The standard InChI is InChI=1S/C16H33N3O2/c1-14(20)15(21)12-10-8-6-4-2-3-5-7-9-11-13-19-16(17)18/h15,21H,2-13H2,1H3,(H4,17,18,19). The minimum atomic E-state index is -0.746.